The van der Waals surface area contributed by atoms with E-state index < -0.39 is 0 Å². The summed E-state index contributed by atoms with van der Waals surface area (Å²) in [6.07, 6.45) is 5.76. The Bertz CT molecular complexity index is 202. The lowest BCUT2D eigenvalue weighted by Crippen LogP contribution is -2.12. The molecular formula is C9H12O2. The van der Waals surface area contributed by atoms with E-state index >= 15 is 0 Å². The molecule has 0 radical (unpaired) electrons. The SMILES string of the molecule is C=C1COCO/C1=C/C=C\C. The van der Waals surface area contributed by atoms with E-state index in [1.54, 1.807) is 0 Å². The molecule has 2 heteroatoms. The molecule has 0 atom stereocenters. The molecule has 1 fully saturated rings. The first kappa shape index (κ1) is 8.08. The summed E-state index contributed by atoms with van der Waals surface area (Å²) in [4.78, 5) is 0. The van der Waals surface area contributed by atoms with Crippen LogP contribution in [-0.2, 0) is 9.47 Å². The fraction of sp³-hybridized carbons (Fsp3) is 0.333. The maximum absolute atomic E-state index is 5.18. The van der Waals surface area contributed by atoms with Crippen molar-refractivity contribution in [2.24, 2.45) is 0 Å². The summed E-state index contributed by atoms with van der Waals surface area (Å²) in [5.41, 5.74) is 0.898. The van der Waals surface area contributed by atoms with Gasteiger partial charge in [-0.1, -0.05) is 18.7 Å². The first-order valence-electron chi connectivity index (χ1n) is 3.56. The van der Waals surface area contributed by atoms with Crippen LogP contribution in [0.2, 0.25) is 0 Å². The largest absolute Gasteiger partial charge is 0.467 e. The van der Waals surface area contributed by atoms with Crippen molar-refractivity contribution in [2.75, 3.05) is 13.4 Å². The Morgan fingerprint density at radius 2 is 2.36 bits per heavy atom. The zero-order valence-corrected chi connectivity index (χ0v) is 6.67. The highest BCUT2D eigenvalue weighted by molar-refractivity contribution is 5.27. The Hall–Kier alpha value is -1.02. The van der Waals surface area contributed by atoms with Gasteiger partial charge in [0.1, 0.15) is 5.76 Å². The van der Waals surface area contributed by atoms with Gasteiger partial charge in [0.15, 0.2) is 6.79 Å². The van der Waals surface area contributed by atoms with Crippen LogP contribution in [0.4, 0.5) is 0 Å². The van der Waals surface area contributed by atoms with Gasteiger partial charge in [0.05, 0.1) is 6.61 Å². The highest BCUT2D eigenvalue weighted by Crippen LogP contribution is 2.14. The lowest BCUT2D eigenvalue weighted by molar-refractivity contribution is -0.0365. The van der Waals surface area contributed by atoms with E-state index in [2.05, 4.69) is 6.58 Å². The minimum atomic E-state index is 0.336. The molecule has 0 aliphatic carbocycles. The molecule has 0 aromatic heterocycles. The van der Waals surface area contributed by atoms with E-state index in [0.717, 1.165) is 11.3 Å². The summed E-state index contributed by atoms with van der Waals surface area (Å²) < 4.78 is 10.2. The predicted octanol–water partition coefficient (Wildman–Crippen LogP) is 2.01. The summed E-state index contributed by atoms with van der Waals surface area (Å²) in [6, 6.07) is 0. The molecule has 1 saturated heterocycles. The number of rotatable bonds is 1. The molecule has 0 N–H and O–H groups in total. The topological polar surface area (TPSA) is 18.5 Å². The summed E-state index contributed by atoms with van der Waals surface area (Å²) in [5.74, 6) is 0.828. The van der Waals surface area contributed by atoms with Gasteiger partial charge in [-0.15, -0.1) is 0 Å². The number of allylic oxidation sites excluding steroid dienone is 3. The molecule has 0 spiro atoms. The maximum atomic E-state index is 5.18. The number of hydrogen-bond donors (Lipinski definition) is 0. The van der Waals surface area contributed by atoms with Gasteiger partial charge in [0.2, 0.25) is 0 Å². The van der Waals surface area contributed by atoms with E-state index in [0.29, 0.717) is 13.4 Å². The summed E-state index contributed by atoms with van der Waals surface area (Å²) in [7, 11) is 0. The monoisotopic (exact) mass is 152 g/mol. The normalized spacial score (nSPS) is 22.6. The fourth-order valence-corrected chi connectivity index (χ4v) is 0.793. The van der Waals surface area contributed by atoms with Crippen LogP contribution in [0.15, 0.2) is 36.1 Å². The molecule has 0 amide bonds. The van der Waals surface area contributed by atoms with Crippen molar-refractivity contribution in [2.45, 2.75) is 6.92 Å². The van der Waals surface area contributed by atoms with Gasteiger partial charge in [-0.2, -0.15) is 0 Å². The van der Waals surface area contributed by atoms with Crippen LogP contribution in [-0.4, -0.2) is 13.4 Å². The molecule has 1 heterocycles. The second-order valence-electron chi connectivity index (χ2n) is 2.27. The smallest absolute Gasteiger partial charge is 0.189 e. The van der Waals surface area contributed by atoms with Crippen molar-refractivity contribution in [1.82, 2.24) is 0 Å². The van der Waals surface area contributed by atoms with E-state index in [1.807, 2.05) is 25.2 Å². The van der Waals surface area contributed by atoms with Crippen LogP contribution in [0.25, 0.3) is 0 Å². The molecule has 0 saturated carbocycles. The van der Waals surface area contributed by atoms with Gasteiger partial charge in [-0.25, -0.2) is 0 Å². The third-order valence-corrected chi connectivity index (χ3v) is 1.36. The second kappa shape index (κ2) is 3.98. The molecule has 0 aromatic rings. The summed E-state index contributed by atoms with van der Waals surface area (Å²) in [5, 5.41) is 0. The standard InChI is InChI=1S/C9H12O2/c1-3-4-5-9-8(2)6-10-7-11-9/h3-5H,2,6-7H2,1H3/b4-3-,9-5+. The highest BCUT2D eigenvalue weighted by Gasteiger charge is 2.08. The lowest BCUT2D eigenvalue weighted by atomic mass is 10.2. The first-order chi connectivity index (χ1) is 5.34. The van der Waals surface area contributed by atoms with Crippen LogP contribution >= 0.6 is 0 Å². The number of ether oxygens (including phenoxy) is 2. The van der Waals surface area contributed by atoms with E-state index in [9.17, 15) is 0 Å². The quantitative estimate of drug-likeness (QED) is 0.572. The molecule has 0 bridgehead atoms. The Morgan fingerprint density at radius 1 is 1.55 bits per heavy atom. The third-order valence-electron chi connectivity index (χ3n) is 1.36. The van der Waals surface area contributed by atoms with E-state index in [1.165, 1.54) is 0 Å². The van der Waals surface area contributed by atoms with Gasteiger partial charge in [-0.05, 0) is 13.0 Å². The van der Waals surface area contributed by atoms with Crippen molar-refractivity contribution in [1.29, 1.82) is 0 Å². The van der Waals surface area contributed by atoms with Crippen molar-refractivity contribution < 1.29 is 9.47 Å². The first-order valence-corrected chi connectivity index (χ1v) is 3.56. The van der Waals surface area contributed by atoms with Gasteiger partial charge in [0, 0.05) is 5.57 Å². The molecule has 1 aliphatic rings. The lowest BCUT2D eigenvalue weighted by Gasteiger charge is -2.18. The minimum absolute atomic E-state index is 0.336. The van der Waals surface area contributed by atoms with Crippen LogP contribution in [0.1, 0.15) is 6.92 Å². The van der Waals surface area contributed by atoms with Crippen LogP contribution in [0.3, 0.4) is 0 Å². The van der Waals surface area contributed by atoms with E-state index in [4.69, 9.17) is 9.47 Å². The van der Waals surface area contributed by atoms with Crippen LogP contribution < -0.4 is 0 Å². The molecule has 2 nitrogen and oxygen atoms in total. The molecule has 1 aliphatic heterocycles. The van der Waals surface area contributed by atoms with Crippen molar-refractivity contribution >= 4 is 0 Å². The van der Waals surface area contributed by atoms with Crippen molar-refractivity contribution in [3.8, 4) is 0 Å². The van der Waals surface area contributed by atoms with E-state index in [-0.39, 0.29) is 0 Å². The Labute approximate surface area is 66.8 Å². The second-order valence-corrected chi connectivity index (χ2v) is 2.27. The maximum Gasteiger partial charge on any atom is 0.189 e. The van der Waals surface area contributed by atoms with Gasteiger partial charge in [0.25, 0.3) is 0 Å². The Balaban J connectivity index is 2.61. The van der Waals surface area contributed by atoms with Crippen LogP contribution in [0, 0.1) is 0 Å². The van der Waals surface area contributed by atoms with Gasteiger partial charge in [-0.3, -0.25) is 0 Å². The van der Waals surface area contributed by atoms with Gasteiger partial charge < -0.3 is 9.47 Å². The molecule has 11 heavy (non-hydrogen) atoms. The highest BCUT2D eigenvalue weighted by atomic mass is 16.7. The Kier molecular flexibility index (Phi) is 2.93. The average Bonchev–Trinajstić information content (AvgIpc) is 2.03. The molecular weight excluding hydrogens is 140 g/mol. The predicted molar refractivity (Wildman–Crippen MR) is 43.9 cm³/mol. The third kappa shape index (κ3) is 2.24. The molecule has 1 rings (SSSR count). The van der Waals surface area contributed by atoms with Crippen molar-refractivity contribution in [3.63, 3.8) is 0 Å². The average molecular weight is 152 g/mol. The van der Waals surface area contributed by atoms with Crippen LogP contribution in [0.5, 0.6) is 0 Å². The molecule has 60 valence electrons. The van der Waals surface area contributed by atoms with Gasteiger partial charge >= 0.3 is 0 Å². The summed E-state index contributed by atoms with van der Waals surface area (Å²) in [6.45, 7) is 6.66. The zero-order chi connectivity index (χ0) is 8.10. The summed E-state index contributed by atoms with van der Waals surface area (Å²) >= 11 is 0. The zero-order valence-electron chi connectivity index (χ0n) is 6.67. The minimum Gasteiger partial charge on any atom is -0.467 e. The van der Waals surface area contributed by atoms with Crippen molar-refractivity contribution in [3.05, 3.63) is 36.1 Å². The molecule has 0 unspecified atom stereocenters. The number of hydrogen-bond acceptors (Lipinski definition) is 2. The Morgan fingerprint density at radius 3 is 3.00 bits per heavy atom. The fourth-order valence-electron chi connectivity index (χ4n) is 0.793. The molecule has 0 aromatic carbocycles.